The van der Waals surface area contributed by atoms with Crippen molar-refractivity contribution in [1.29, 1.82) is 0 Å². The van der Waals surface area contributed by atoms with Crippen LogP contribution >= 0.6 is 0 Å². The fourth-order valence-corrected chi connectivity index (χ4v) is 2.77. The number of nitrogens with zero attached hydrogens (tertiary/aromatic N) is 2. The molecule has 7 heteroatoms. The van der Waals surface area contributed by atoms with Crippen molar-refractivity contribution in [2.75, 3.05) is 7.11 Å². The van der Waals surface area contributed by atoms with E-state index in [1.165, 1.54) is 37.7 Å². The van der Waals surface area contributed by atoms with Crippen molar-refractivity contribution < 1.29 is 17.9 Å². The molecule has 0 amide bonds. The second kappa shape index (κ2) is 4.61. The minimum Gasteiger partial charge on any atom is -0.465 e. The standard InChI is InChI=1S/C11H10N2O4S/c1-17-11(14)9-4-2-3-5-10(9)18(15,16)13-7-6-12-8-13/h2-8H,1H3. The molecule has 0 aliphatic rings. The van der Waals surface area contributed by atoms with Crippen molar-refractivity contribution in [1.82, 2.24) is 8.96 Å². The molecule has 1 aromatic heterocycles. The molecule has 0 saturated heterocycles. The maximum atomic E-state index is 12.3. The van der Waals surface area contributed by atoms with Crippen LogP contribution in [-0.4, -0.2) is 30.5 Å². The second-order valence-corrected chi connectivity index (χ2v) is 5.20. The summed E-state index contributed by atoms with van der Waals surface area (Å²) in [4.78, 5) is 15.1. The molecule has 2 aromatic rings. The Labute approximate surface area is 104 Å². The van der Waals surface area contributed by atoms with E-state index >= 15 is 0 Å². The lowest BCUT2D eigenvalue weighted by Gasteiger charge is -2.08. The summed E-state index contributed by atoms with van der Waals surface area (Å²) in [7, 11) is -2.63. The van der Waals surface area contributed by atoms with Gasteiger partial charge in [-0.1, -0.05) is 12.1 Å². The van der Waals surface area contributed by atoms with E-state index in [0.29, 0.717) is 0 Å². The number of benzene rings is 1. The van der Waals surface area contributed by atoms with E-state index in [1.54, 1.807) is 6.07 Å². The van der Waals surface area contributed by atoms with Crippen LogP contribution in [0.5, 0.6) is 0 Å². The van der Waals surface area contributed by atoms with E-state index in [0.717, 1.165) is 10.3 Å². The van der Waals surface area contributed by atoms with Gasteiger partial charge in [0, 0.05) is 12.4 Å². The smallest absolute Gasteiger partial charge is 0.339 e. The third kappa shape index (κ3) is 2.00. The van der Waals surface area contributed by atoms with E-state index in [9.17, 15) is 13.2 Å². The summed E-state index contributed by atoms with van der Waals surface area (Å²) in [5.41, 5.74) is -0.00583. The van der Waals surface area contributed by atoms with Crippen LogP contribution < -0.4 is 0 Å². The minimum atomic E-state index is -3.83. The largest absolute Gasteiger partial charge is 0.465 e. The van der Waals surface area contributed by atoms with E-state index in [-0.39, 0.29) is 10.5 Å². The Balaban J connectivity index is 2.62. The highest BCUT2D eigenvalue weighted by Crippen LogP contribution is 2.19. The Bertz CT molecular complexity index is 662. The third-order valence-corrected chi connectivity index (χ3v) is 4.01. The van der Waals surface area contributed by atoms with Crippen LogP contribution in [0.2, 0.25) is 0 Å². The van der Waals surface area contributed by atoms with Gasteiger partial charge in [-0.2, -0.15) is 0 Å². The van der Waals surface area contributed by atoms with Gasteiger partial charge in [0.2, 0.25) is 0 Å². The van der Waals surface area contributed by atoms with Crippen LogP contribution in [0.15, 0.2) is 47.9 Å². The van der Waals surface area contributed by atoms with Gasteiger partial charge in [0.1, 0.15) is 11.2 Å². The lowest BCUT2D eigenvalue weighted by molar-refractivity contribution is 0.0596. The monoisotopic (exact) mass is 266 g/mol. The van der Waals surface area contributed by atoms with Crippen LogP contribution in [-0.2, 0) is 14.8 Å². The van der Waals surface area contributed by atoms with Gasteiger partial charge in [-0.05, 0) is 12.1 Å². The number of carbonyl (C=O) groups excluding carboxylic acids is 1. The minimum absolute atomic E-state index is 0.00583. The zero-order valence-electron chi connectivity index (χ0n) is 9.48. The van der Waals surface area contributed by atoms with E-state index in [1.807, 2.05) is 0 Å². The fourth-order valence-electron chi connectivity index (χ4n) is 1.47. The average Bonchev–Trinajstić information content (AvgIpc) is 2.92. The normalized spacial score (nSPS) is 11.2. The van der Waals surface area contributed by atoms with Crippen LogP contribution in [0.3, 0.4) is 0 Å². The number of methoxy groups -OCH3 is 1. The lowest BCUT2D eigenvalue weighted by Crippen LogP contribution is -2.16. The molecule has 18 heavy (non-hydrogen) atoms. The summed E-state index contributed by atoms with van der Waals surface area (Å²) in [6.07, 6.45) is 3.80. The van der Waals surface area contributed by atoms with Gasteiger partial charge < -0.3 is 4.74 Å². The van der Waals surface area contributed by atoms with Crippen LogP contribution in [0.4, 0.5) is 0 Å². The highest BCUT2D eigenvalue weighted by atomic mass is 32.2. The highest BCUT2D eigenvalue weighted by Gasteiger charge is 2.23. The van der Waals surface area contributed by atoms with Gasteiger partial charge in [0.05, 0.1) is 12.7 Å². The molecule has 0 bridgehead atoms. The quantitative estimate of drug-likeness (QED) is 0.771. The molecule has 1 aromatic carbocycles. The first-order valence-corrected chi connectivity index (χ1v) is 6.42. The number of rotatable bonds is 3. The number of hydrogen-bond acceptors (Lipinski definition) is 5. The number of imidazole rings is 1. The third-order valence-electron chi connectivity index (χ3n) is 2.33. The molecule has 0 aliphatic heterocycles. The molecule has 0 unspecified atom stereocenters. The molecule has 94 valence electrons. The average molecular weight is 266 g/mol. The van der Waals surface area contributed by atoms with E-state index in [4.69, 9.17) is 0 Å². The fraction of sp³-hybridized carbons (Fsp3) is 0.0909. The predicted octanol–water partition coefficient (Wildman–Crippen LogP) is 0.907. The van der Waals surface area contributed by atoms with Crippen molar-refractivity contribution >= 4 is 16.0 Å². The molecule has 0 saturated carbocycles. The summed E-state index contributed by atoms with van der Waals surface area (Å²) in [6.45, 7) is 0. The molecule has 1 heterocycles. The maximum absolute atomic E-state index is 12.3. The van der Waals surface area contributed by atoms with Crippen molar-refractivity contribution in [3.8, 4) is 0 Å². The van der Waals surface area contributed by atoms with Gasteiger partial charge >= 0.3 is 5.97 Å². The van der Waals surface area contributed by atoms with Crippen LogP contribution in [0.25, 0.3) is 0 Å². The zero-order valence-corrected chi connectivity index (χ0v) is 10.3. The SMILES string of the molecule is COC(=O)c1ccccc1S(=O)(=O)n1ccnc1. The summed E-state index contributed by atoms with van der Waals surface area (Å²) in [6, 6.07) is 5.85. The summed E-state index contributed by atoms with van der Waals surface area (Å²) < 4.78 is 30.0. The van der Waals surface area contributed by atoms with Gasteiger partial charge in [-0.15, -0.1) is 0 Å². The van der Waals surface area contributed by atoms with Crippen molar-refractivity contribution in [2.45, 2.75) is 4.90 Å². The summed E-state index contributed by atoms with van der Waals surface area (Å²) >= 11 is 0. The Morgan fingerprint density at radius 2 is 2.06 bits per heavy atom. The topological polar surface area (TPSA) is 78.3 Å². The molecular formula is C11H10N2O4S. The van der Waals surface area contributed by atoms with Crippen LogP contribution in [0, 0.1) is 0 Å². The molecule has 0 aliphatic carbocycles. The predicted molar refractivity (Wildman–Crippen MR) is 62.6 cm³/mol. The van der Waals surface area contributed by atoms with Gasteiger partial charge in [0.15, 0.2) is 0 Å². The first-order chi connectivity index (χ1) is 8.57. The molecule has 0 radical (unpaired) electrons. The van der Waals surface area contributed by atoms with Crippen LogP contribution in [0.1, 0.15) is 10.4 Å². The zero-order chi connectivity index (χ0) is 13.2. The molecule has 6 nitrogen and oxygen atoms in total. The van der Waals surface area contributed by atoms with Crippen molar-refractivity contribution in [3.63, 3.8) is 0 Å². The van der Waals surface area contributed by atoms with Gasteiger partial charge in [0.25, 0.3) is 10.0 Å². The molecular weight excluding hydrogens is 256 g/mol. The number of carbonyl (C=O) groups is 1. The molecule has 0 N–H and O–H groups in total. The van der Waals surface area contributed by atoms with Gasteiger partial charge in [-0.3, -0.25) is 0 Å². The Kier molecular flexibility index (Phi) is 3.15. The van der Waals surface area contributed by atoms with E-state index in [2.05, 4.69) is 9.72 Å². The summed E-state index contributed by atoms with van der Waals surface area (Å²) in [5, 5.41) is 0. The molecule has 2 rings (SSSR count). The van der Waals surface area contributed by atoms with E-state index < -0.39 is 16.0 Å². The number of aromatic nitrogens is 2. The number of esters is 1. The van der Waals surface area contributed by atoms with Crippen molar-refractivity contribution in [2.24, 2.45) is 0 Å². The lowest BCUT2D eigenvalue weighted by atomic mass is 10.2. The number of hydrogen-bond donors (Lipinski definition) is 0. The first kappa shape index (κ1) is 12.3. The highest BCUT2D eigenvalue weighted by molar-refractivity contribution is 7.90. The Hall–Kier alpha value is -2.15. The molecule has 0 spiro atoms. The molecule has 0 fully saturated rings. The van der Waals surface area contributed by atoms with Crippen molar-refractivity contribution in [3.05, 3.63) is 48.5 Å². The first-order valence-electron chi connectivity index (χ1n) is 4.98. The number of ether oxygens (including phenoxy) is 1. The molecule has 0 atom stereocenters. The second-order valence-electron chi connectivity index (χ2n) is 3.39. The Morgan fingerprint density at radius 3 is 2.67 bits per heavy atom. The van der Waals surface area contributed by atoms with Gasteiger partial charge in [-0.25, -0.2) is 22.2 Å². The maximum Gasteiger partial charge on any atom is 0.339 e. The Morgan fingerprint density at radius 1 is 1.33 bits per heavy atom. The summed E-state index contributed by atoms with van der Waals surface area (Å²) in [5.74, 6) is -0.700.